The van der Waals surface area contributed by atoms with Crippen molar-refractivity contribution in [3.8, 4) is 0 Å². The lowest BCUT2D eigenvalue weighted by atomic mass is 9.99. The quantitative estimate of drug-likeness (QED) is 0.735. The van der Waals surface area contributed by atoms with Crippen LogP contribution in [-0.4, -0.2) is 10.9 Å². The molecule has 0 saturated heterocycles. The third-order valence-corrected chi connectivity index (χ3v) is 4.35. The number of amides is 1. The van der Waals surface area contributed by atoms with Gasteiger partial charge in [-0.1, -0.05) is 42.0 Å². The average Bonchev–Trinajstić information content (AvgIpc) is 2.64. The predicted octanol–water partition coefficient (Wildman–Crippen LogP) is 4.72. The first-order chi connectivity index (χ1) is 12.1. The normalized spacial score (nSPS) is 11.8. The summed E-state index contributed by atoms with van der Waals surface area (Å²) in [6, 6.07) is 20.1. The van der Waals surface area contributed by atoms with Crippen molar-refractivity contribution in [3.63, 3.8) is 0 Å². The van der Waals surface area contributed by atoms with E-state index in [4.69, 9.17) is 0 Å². The van der Waals surface area contributed by atoms with Gasteiger partial charge in [-0.15, -0.1) is 0 Å². The number of aryl methyl sites for hydroxylation is 1. The van der Waals surface area contributed by atoms with Crippen molar-refractivity contribution in [1.29, 1.82) is 0 Å². The van der Waals surface area contributed by atoms with Gasteiger partial charge in [-0.2, -0.15) is 0 Å². The fraction of sp³-hybridized carbons (Fsp3) is 0.182. The van der Waals surface area contributed by atoms with Gasteiger partial charge in [-0.3, -0.25) is 9.78 Å². The lowest BCUT2D eigenvalue weighted by Crippen LogP contribution is -2.18. The highest BCUT2D eigenvalue weighted by molar-refractivity contribution is 5.95. The Labute approximate surface area is 148 Å². The number of hydrogen-bond donors (Lipinski definition) is 1. The molecule has 1 amide bonds. The number of carbonyl (C=O) groups excluding carboxylic acids is 1. The average molecular weight is 330 g/mol. The summed E-state index contributed by atoms with van der Waals surface area (Å²) in [4.78, 5) is 16.5. The highest BCUT2D eigenvalue weighted by atomic mass is 16.1. The van der Waals surface area contributed by atoms with E-state index in [1.54, 1.807) is 12.4 Å². The number of nitrogens with zero attached hydrogens (tertiary/aromatic N) is 1. The van der Waals surface area contributed by atoms with Crippen LogP contribution in [0.3, 0.4) is 0 Å². The maximum Gasteiger partial charge on any atom is 0.231 e. The zero-order valence-corrected chi connectivity index (χ0v) is 14.6. The standard InChI is InChI=1S/C22H22N2O/c1-16-3-7-20(8-4-16)17(2)22(25)24-21-9-5-18(6-10-21)15-19-11-13-23-14-12-19/h3-14,17H,15H2,1-2H3,(H,24,25). The summed E-state index contributed by atoms with van der Waals surface area (Å²) in [5, 5.41) is 3.00. The zero-order valence-electron chi connectivity index (χ0n) is 14.6. The van der Waals surface area contributed by atoms with Gasteiger partial charge in [0.25, 0.3) is 0 Å². The molecule has 1 heterocycles. The molecule has 0 bridgehead atoms. The van der Waals surface area contributed by atoms with Crippen LogP contribution < -0.4 is 5.32 Å². The summed E-state index contributed by atoms with van der Waals surface area (Å²) in [6.45, 7) is 3.97. The number of benzene rings is 2. The second-order valence-corrected chi connectivity index (χ2v) is 6.35. The van der Waals surface area contributed by atoms with Gasteiger partial charge in [0, 0.05) is 18.1 Å². The molecular formula is C22H22N2O. The Kier molecular flexibility index (Phi) is 5.24. The Hall–Kier alpha value is -2.94. The number of aromatic nitrogens is 1. The highest BCUT2D eigenvalue weighted by Crippen LogP contribution is 2.19. The van der Waals surface area contributed by atoms with E-state index in [2.05, 4.69) is 10.3 Å². The van der Waals surface area contributed by atoms with Crippen LogP contribution >= 0.6 is 0 Å². The van der Waals surface area contributed by atoms with Gasteiger partial charge in [0.05, 0.1) is 5.92 Å². The monoisotopic (exact) mass is 330 g/mol. The van der Waals surface area contributed by atoms with E-state index in [1.807, 2.05) is 74.5 Å². The van der Waals surface area contributed by atoms with E-state index >= 15 is 0 Å². The van der Waals surface area contributed by atoms with Crippen molar-refractivity contribution in [2.75, 3.05) is 5.32 Å². The van der Waals surface area contributed by atoms with Crippen molar-refractivity contribution in [3.05, 3.63) is 95.3 Å². The number of anilines is 1. The molecule has 1 unspecified atom stereocenters. The predicted molar refractivity (Wildman–Crippen MR) is 102 cm³/mol. The van der Waals surface area contributed by atoms with Crippen molar-refractivity contribution in [2.24, 2.45) is 0 Å². The van der Waals surface area contributed by atoms with Crippen molar-refractivity contribution < 1.29 is 4.79 Å². The van der Waals surface area contributed by atoms with Crippen LogP contribution in [0.15, 0.2) is 73.1 Å². The molecule has 126 valence electrons. The molecule has 0 spiro atoms. The summed E-state index contributed by atoms with van der Waals surface area (Å²) in [6.07, 6.45) is 4.46. The molecule has 0 aliphatic heterocycles. The van der Waals surface area contributed by atoms with Gasteiger partial charge in [-0.05, 0) is 61.2 Å². The molecule has 0 fully saturated rings. The zero-order chi connectivity index (χ0) is 17.6. The first-order valence-electron chi connectivity index (χ1n) is 8.47. The molecule has 3 aromatic rings. The summed E-state index contributed by atoms with van der Waals surface area (Å²) in [7, 11) is 0. The molecule has 1 N–H and O–H groups in total. The lowest BCUT2D eigenvalue weighted by molar-refractivity contribution is -0.117. The van der Waals surface area contributed by atoms with Crippen LogP contribution in [-0.2, 0) is 11.2 Å². The minimum atomic E-state index is -0.183. The smallest absolute Gasteiger partial charge is 0.231 e. The fourth-order valence-electron chi connectivity index (χ4n) is 2.70. The Balaban J connectivity index is 1.62. The molecule has 0 aliphatic carbocycles. The van der Waals surface area contributed by atoms with Crippen LogP contribution in [0.4, 0.5) is 5.69 Å². The maximum atomic E-state index is 12.5. The number of carbonyl (C=O) groups is 1. The Bertz CT molecular complexity index is 824. The second kappa shape index (κ2) is 7.75. The van der Waals surface area contributed by atoms with E-state index in [1.165, 1.54) is 16.7 Å². The highest BCUT2D eigenvalue weighted by Gasteiger charge is 2.15. The van der Waals surface area contributed by atoms with Gasteiger partial charge < -0.3 is 5.32 Å². The minimum absolute atomic E-state index is 0.00531. The van der Waals surface area contributed by atoms with Crippen molar-refractivity contribution >= 4 is 11.6 Å². The van der Waals surface area contributed by atoms with E-state index in [-0.39, 0.29) is 11.8 Å². The van der Waals surface area contributed by atoms with Gasteiger partial charge in [0.15, 0.2) is 0 Å². The van der Waals surface area contributed by atoms with E-state index in [9.17, 15) is 4.79 Å². The molecule has 3 nitrogen and oxygen atoms in total. The maximum absolute atomic E-state index is 12.5. The van der Waals surface area contributed by atoms with Gasteiger partial charge in [0.2, 0.25) is 5.91 Å². The van der Waals surface area contributed by atoms with Crippen LogP contribution in [0.2, 0.25) is 0 Å². The van der Waals surface area contributed by atoms with E-state index in [0.717, 1.165) is 17.7 Å². The van der Waals surface area contributed by atoms with Gasteiger partial charge >= 0.3 is 0 Å². The molecule has 0 radical (unpaired) electrons. The van der Waals surface area contributed by atoms with Crippen LogP contribution in [0, 0.1) is 6.92 Å². The van der Waals surface area contributed by atoms with Crippen LogP contribution in [0.1, 0.15) is 35.1 Å². The number of hydrogen-bond acceptors (Lipinski definition) is 2. The van der Waals surface area contributed by atoms with E-state index < -0.39 is 0 Å². The molecule has 1 atom stereocenters. The van der Waals surface area contributed by atoms with Crippen LogP contribution in [0.25, 0.3) is 0 Å². The molecule has 0 saturated carbocycles. The third kappa shape index (κ3) is 4.54. The van der Waals surface area contributed by atoms with Gasteiger partial charge in [0.1, 0.15) is 0 Å². The molecule has 1 aromatic heterocycles. The Morgan fingerprint density at radius 3 is 2.16 bits per heavy atom. The molecule has 0 aliphatic rings. The summed E-state index contributed by atoms with van der Waals surface area (Å²) >= 11 is 0. The fourth-order valence-corrected chi connectivity index (χ4v) is 2.70. The topological polar surface area (TPSA) is 42.0 Å². The second-order valence-electron chi connectivity index (χ2n) is 6.35. The van der Waals surface area contributed by atoms with Crippen molar-refractivity contribution in [1.82, 2.24) is 4.98 Å². The summed E-state index contributed by atoms with van der Waals surface area (Å²) in [5.41, 5.74) is 5.47. The minimum Gasteiger partial charge on any atom is -0.326 e. The molecule has 3 heteroatoms. The lowest BCUT2D eigenvalue weighted by Gasteiger charge is -2.13. The first kappa shape index (κ1) is 16.9. The number of pyridine rings is 1. The number of rotatable bonds is 5. The van der Waals surface area contributed by atoms with Crippen LogP contribution in [0.5, 0.6) is 0 Å². The van der Waals surface area contributed by atoms with Gasteiger partial charge in [-0.25, -0.2) is 0 Å². The summed E-state index contributed by atoms with van der Waals surface area (Å²) in [5.74, 6) is -0.178. The molecule has 2 aromatic carbocycles. The Morgan fingerprint density at radius 2 is 1.52 bits per heavy atom. The largest absolute Gasteiger partial charge is 0.326 e. The third-order valence-electron chi connectivity index (χ3n) is 4.35. The number of nitrogens with one attached hydrogen (secondary N) is 1. The Morgan fingerprint density at radius 1 is 0.920 bits per heavy atom. The molecular weight excluding hydrogens is 308 g/mol. The van der Waals surface area contributed by atoms with Crippen molar-refractivity contribution in [2.45, 2.75) is 26.2 Å². The van der Waals surface area contributed by atoms with E-state index in [0.29, 0.717) is 0 Å². The SMILES string of the molecule is Cc1ccc(C(C)C(=O)Nc2ccc(Cc3ccncc3)cc2)cc1. The summed E-state index contributed by atoms with van der Waals surface area (Å²) < 4.78 is 0. The molecule has 3 rings (SSSR count). The molecule has 25 heavy (non-hydrogen) atoms. The first-order valence-corrected chi connectivity index (χ1v) is 8.47.